The standard InChI is InChI=1S/C18H15BN4/c1-12-18(16-5-3-14(8-20)4-6-16)13(2)23(22-12)11-15-7-17(19)10-21-9-15/h3-7,9-10H,11H2,1-2H3. The molecule has 3 rings (SSSR count). The molecular formula is C18H15BN4. The van der Waals surface area contributed by atoms with Crippen LogP contribution in [0.4, 0.5) is 0 Å². The van der Waals surface area contributed by atoms with Crippen LogP contribution in [0, 0.1) is 25.2 Å². The van der Waals surface area contributed by atoms with Crippen LogP contribution in [0.3, 0.4) is 0 Å². The number of benzene rings is 1. The van der Waals surface area contributed by atoms with Gasteiger partial charge < -0.3 is 0 Å². The Balaban J connectivity index is 1.97. The van der Waals surface area contributed by atoms with Crippen LogP contribution in [0.15, 0.2) is 42.7 Å². The minimum Gasteiger partial charge on any atom is -0.265 e. The van der Waals surface area contributed by atoms with Crippen molar-refractivity contribution in [3.8, 4) is 17.2 Å². The Labute approximate surface area is 136 Å². The van der Waals surface area contributed by atoms with Crippen molar-refractivity contribution < 1.29 is 0 Å². The second-order valence-electron chi connectivity index (χ2n) is 5.52. The van der Waals surface area contributed by atoms with Crippen molar-refractivity contribution in [2.24, 2.45) is 0 Å². The van der Waals surface area contributed by atoms with Crippen LogP contribution >= 0.6 is 0 Å². The first-order chi connectivity index (χ1) is 11.1. The van der Waals surface area contributed by atoms with Crippen molar-refractivity contribution in [1.29, 1.82) is 5.26 Å². The normalized spacial score (nSPS) is 10.5. The van der Waals surface area contributed by atoms with Crippen LogP contribution in [-0.2, 0) is 6.54 Å². The molecule has 0 N–H and O–H groups in total. The molecule has 2 aromatic heterocycles. The first-order valence-electron chi connectivity index (χ1n) is 7.32. The Hall–Kier alpha value is -2.87. The molecule has 4 nitrogen and oxygen atoms in total. The summed E-state index contributed by atoms with van der Waals surface area (Å²) in [7, 11) is 5.79. The fourth-order valence-corrected chi connectivity index (χ4v) is 2.75. The number of aryl methyl sites for hydroxylation is 1. The van der Waals surface area contributed by atoms with E-state index >= 15 is 0 Å². The molecular weight excluding hydrogens is 283 g/mol. The molecule has 0 atom stereocenters. The Bertz CT molecular complexity index is 888. The van der Waals surface area contributed by atoms with E-state index in [0.29, 0.717) is 17.6 Å². The fraction of sp³-hybridized carbons (Fsp3) is 0.167. The average molecular weight is 298 g/mol. The van der Waals surface area contributed by atoms with Crippen molar-refractivity contribution in [3.63, 3.8) is 0 Å². The zero-order chi connectivity index (χ0) is 16.4. The van der Waals surface area contributed by atoms with Crippen molar-refractivity contribution in [2.75, 3.05) is 0 Å². The number of nitrogens with zero attached hydrogens (tertiary/aromatic N) is 4. The highest BCUT2D eigenvalue weighted by Gasteiger charge is 2.13. The molecule has 0 amide bonds. The third kappa shape index (κ3) is 3.02. The molecule has 0 saturated carbocycles. The highest BCUT2D eigenvalue weighted by Crippen LogP contribution is 2.27. The Kier molecular flexibility index (Phi) is 3.99. The van der Waals surface area contributed by atoms with Crippen LogP contribution in [0.2, 0.25) is 0 Å². The zero-order valence-corrected chi connectivity index (χ0v) is 13.1. The summed E-state index contributed by atoms with van der Waals surface area (Å²) in [5.74, 6) is 0. The van der Waals surface area contributed by atoms with Crippen LogP contribution in [0.5, 0.6) is 0 Å². The first kappa shape index (κ1) is 15.0. The van der Waals surface area contributed by atoms with Gasteiger partial charge in [0.05, 0.1) is 23.9 Å². The predicted molar refractivity (Wildman–Crippen MR) is 90.6 cm³/mol. The van der Waals surface area contributed by atoms with E-state index in [-0.39, 0.29) is 0 Å². The molecule has 0 aliphatic rings. The van der Waals surface area contributed by atoms with Crippen molar-refractivity contribution in [2.45, 2.75) is 20.4 Å². The van der Waals surface area contributed by atoms with Gasteiger partial charge in [0.1, 0.15) is 7.85 Å². The summed E-state index contributed by atoms with van der Waals surface area (Å²) < 4.78 is 1.96. The summed E-state index contributed by atoms with van der Waals surface area (Å²) in [4.78, 5) is 4.12. The van der Waals surface area contributed by atoms with E-state index in [0.717, 1.165) is 28.1 Å². The monoisotopic (exact) mass is 298 g/mol. The summed E-state index contributed by atoms with van der Waals surface area (Å²) in [5, 5.41) is 13.6. The Morgan fingerprint density at radius 3 is 2.57 bits per heavy atom. The number of hydrogen-bond donors (Lipinski definition) is 0. The van der Waals surface area contributed by atoms with E-state index < -0.39 is 0 Å². The lowest BCUT2D eigenvalue weighted by Gasteiger charge is -2.07. The van der Waals surface area contributed by atoms with Crippen LogP contribution in [-0.4, -0.2) is 22.6 Å². The van der Waals surface area contributed by atoms with Crippen molar-refractivity contribution in [1.82, 2.24) is 14.8 Å². The number of aromatic nitrogens is 3. The summed E-state index contributed by atoms with van der Waals surface area (Å²) in [5.41, 5.74) is 6.53. The molecule has 0 fully saturated rings. The number of nitriles is 1. The SMILES string of the molecule is [B]c1cncc(Cn2nc(C)c(-c3ccc(C#N)cc3)c2C)c1. The molecule has 110 valence electrons. The maximum Gasteiger partial charge on any atom is 0.115 e. The average Bonchev–Trinajstić information content (AvgIpc) is 2.81. The van der Waals surface area contributed by atoms with Crippen molar-refractivity contribution in [3.05, 3.63) is 65.2 Å². The van der Waals surface area contributed by atoms with Gasteiger partial charge in [-0.3, -0.25) is 9.67 Å². The molecule has 5 heteroatoms. The zero-order valence-electron chi connectivity index (χ0n) is 13.1. The minimum atomic E-state index is 0.626. The molecule has 0 aliphatic heterocycles. The van der Waals surface area contributed by atoms with E-state index in [4.69, 9.17) is 13.1 Å². The summed E-state index contributed by atoms with van der Waals surface area (Å²) >= 11 is 0. The van der Waals surface area contributed by atoms with Crippen LogP contribution in [0.25, 0.3) is 11.1 Å². The highest BCUT2D eigenvalue weighted by atomic mass is 15.3. The van der Waals surface area contributed by atoms with Gasteiger partial charge in [0.15, 0.2) is 0 Å². The van der Waals surface area contributed by atoms with Crippen LogP contribution in [0.1, 0.15) is 22.5 Å². The van der Waals surface area contributed by atoms with Gasteiger partial charge in [0.2, 0.25) is 0 Å². The predicted octanol–water partition coefficient (Wildman–Crippen LogP) is 2.28. The second kappa shape index (κ2) is 6.09. The topological polar surface area (TPSA) is 54.5 Å². The molecule has 0 unspecified atom stereocenters. The van der Waals surface area contributed by atoms with E-state index in [1.807, 2.05) is 48.9 Å². The Morgan fingerprint density at radius 1 is 1.17 bits per heavy atom. The smallest absolute Gasteiger partial charge is 0.115 e. The lowest BCUT2D eigenvalue weighted by molar-refractivity contribution is 0.658. The Morgan fingerprint density at radius 2 is 1.91 bits per heavy atom. The van der Waals surface area contributed by atoms with Gasteiger partial charge in [0, 0.05) is 23.7 Å². The molecule has 2 radical (unpaired) electrons. The molecule has 0 saturated heterocycles. The van der Waals surface area contributed by atoms with Gasteiger partial charge in [-0.1, -0.05) is 23.7 Å². The largest absolute Gasteiger partial charge is 0.265 e. The fourth-order valence-electron chi connectivity index (χ4n) is 2.75. The lowest BCUT2D eigenvalue weighted by atomic mass is 9.97. The lowest BCUT2D eigenvalue weighted by Crippen LogP contribution is -2.09. The third-order valence-corrected chi connectivity index (χ3v) is 3.83. The first-order valence-corrected chi connectivity index (χ1v) is 7.32. The summed E-state index contributed by atoms with van der Waals surface area (Å²) in [6.45, 7) is 4.67. The van der Waals surface area contributed by atoms with E-state index in [1.165, 1.54) is 0 Å². The molecule has 23 heavy (non-hydrogen) atoms. The molecule has 0 bridgehead atoms. The number of rotatable bonds is 3. The maximum atomic E-state index is 8.92. The summed E-state index contributed by atoms with van der Waals surface area (Å²) in [6, 6.07) is 11.6. The quantitative estimate of drug-likeness (QED) is 0.697. The van der Waals surface area contributed by atoms with E-state index in [2.05, 4.69) is 16.2 Å². The van der Waals surface area contributed by atoms with Gasteiger partial charge in [-0.2, -0.15) is 10.4 Å². The molecule has 0 spiro atoms. The van der Waals surface area contributed by atoms with E-state index in [9.17, 15) is 0 Å². The second-order valence-corrected chi connectivity index (χ2v) is 5.52. The van der Waals surface area contributed by atoms with Gasteiger partial charge in [-0.05, 0) is 37.1 Å². The highest BCUT2D eigenvalue weighted by molar-refractivity contribution is 6.32. The third-order valence-electron chi connectivity index (χ3n) is 3.83. The molecule has 0 aliphatic carbocycles. The van der Waals surface area contributed by atoms with Gasteiger partial charge in [0.25, 0.3) is 0 Å². The molecule has 1 aromatic carbocycles. The maximum absolute atomic E-state index is 8.92. The molecule has 3 aromatic rings. The minimum absolute atomic E-state index is 0.626. The number of pyridine rings is 1. The van der Waals surface area contributed by atoms with Gasteiger partial charge in [-0.25, -0.2) is 0 Å². The van der Waals surface area contributed by atoms with E-state index in [1.54, 1.807) is 12.4 Å². The van der Waals surface area contributed by atoms with Gasteiger partial charge in [-0.15, -0.1) is 0 Å². The number of hydrogen-bond acceptors (Lipinski definition) is 3. The van der Waals surface area contributed by atoms with Crippen molar-refractivity contribution >= 4 is 13.3 Å². The molecule has 2 heterocycles. The van der Waals surface area contributed by atoms with Crippen LogP contribution < -0.4 is 5.46 Å². The van der Waals surface area contributed by atoms with Gasteiger partial charge >= 0.3 is 0 Å². The summed E-state index contributed by atoms with van der Waals surface area (Å²) in [6.07, 6.45) is 3.43.